The maximum absolute atomic E-state index is 13.0. The molecule has 2 rings (SSSR count). The van der Waals surface area contributed by atoms with Gasteiger partial charge in [0.1, 0.15) is 5.75 Å². The fourth-order valence-electron chi connectivity index (χ4n) is 2.12. The van der Waals surface area contributed by atoms with Crippen LogP contribution in [0.1, 0.15) is 27.0 Å². The van der Waals surface area contributed by atoms with Gasteiger partial charge in [-0.05, 0) is 36.4 Å². The van der Waals surface area contributed by atoms with Crippen LogP contribution >= 0.6 is 11.6 Å². The zero-order valence-electron chi connectivity index (χ0n) is 12.4. The van der Waals surface area contributed by atoms with E-state index < -0.39 is 51.2 Å². The fourth-order valence-corrected chi connectivity index (χ4v) is 2.35. The summed E-state index contributed by atoms with van der Waals surface area (Å²) in [5, 5.41) is -0.616. The summed E-state index contributed by atoms with van der Waals surface area (Å²) in [5.41, 5.74) is -3.31. The summed E-state index contributed by atoms with van der Waals surface area (Å²) in [6.07, 6.45) is -9.59. The Labute approximate surface area is 143 Å². The van der Waals surface area contributed by atoms with Gasteiger partial charge < -0.3 is 4.74 Å². The Bertz CT molecular complexity index is 811. The van der Waals surface area contributed by atoms with Gasteiger partial charge in [0.15, 0.2) is 5.78 Å². The van der Waals surface area contributed by atoms with Crippen molar-refractivity contribution < 1.29 is 35.9 Å². The number of carbonyl (C=O) groups is 1. The molecule has 0 aliphatic heterocycles. The third kappa shape index (κ3) is 4.07. The first-order valence-corrected chi connectivity index (χ1v) is 6.99. The molecule has 2 nitrogen and oxygen atoms in total. The van der Waals surface area contributed by atoms with E-state index in [1.165, 1.54) is 0 Å². The molecule has 0 atom stereocenters. The lowest BCUT2D eigenvalue weighted by molar-refractivity contribution is -0.139. The number of methoxy groups -OCH3 is 1. The van der Waals surface area contributed by atoms with Gasteiger partial charge >= 0.3 is 12.4 Å². The molecule has 0 unspecified atom stereocenters. The minimum absolute atomic E-state index is 0.427. The smallest absolute Gasteiger partial charge is 0.419 e. The molecule has 0 bridgehead atoms. The van der Waals surface area contributed by atoms with Crippen molar-refractivity contribution in [1.29, 1.82) is 0 Å². The standard InChI is InChI=1S/C16H9ClF6O2/c1-25-13-5-3-9(7-11(13)16(21,22)23)14(24)8-2-4-12(17)10(6-8)15(18,19)20/h2-7H,1H3. The molecular weight excluding hydrogens is 374 g/mol. The first-order valence-electron chi connectivity index (χ1n) is 6.62. The number of hydrogen-bond donors (Lipinski definition) is 0. The molecule has 0 aliphatic carbocycles. The van der Waals surface area contributed by atoms with Gasteiger partial charge in [-0.3, -0.25) is 4.79 Å². The van der Waals surface area contributed by atoms with E-state index in [1.807, 2.05) is 0 Å². The highest BCUT2D eigenvalue weighted by atomic mass is 35.5. The highest BCUT2D eigenvalue weighted by Gasteiger charge is 2.36. The van der Waals surface area contributed by atoms with Gasteiger partial charge in [-0.25, -0.2) is 0 Å². The summed E-state index contributed by atoms with van der Waals surface area (Å²) < 4.78 is 82.1. The van der Waals surface area contributed by atoms with Gasteiger partial charge in [0.2, 0.25) is 0 Å². The van der Waals surface area contributed by atoms with Crippen LogP contribution in [0.3, 0.4) is 0 Å². The molecular formula is C16H9ClF6O2. The molecule has 0 saturated heterocycles. The lowest BCUT2D eigenvalue weighted by Crippen LogP contribution is -2.12. The molecule has 0 spiro atoms. The number of ketones is 1. The van der Waals surface area contributed by atoms with Crippen LogP contribution in [0.2, 0.25) is 5.02 Å². The average molecular weight is 383 g/mol. The Kier molecular flexibility index (Phi) is 5.04. The molecule has 134 valence electrons. The zero-order valence-corrected chi connectivity index (χ0v) is 13.2. The fraction of sp³-hybridized carbons (Fsp3) is 0.188. The molecule has 0 saturated carbocycles. The molecule has 0 radical (unpaired) electrons. The number of rotatable bonds is 3. The Morgan fingerprint density at radius 2 is 1.36 bits per heavy atom. The summed E-state index contributed by atoms with van der Waals surface area (Å²) >= 11 is 5.46. The van der Waals surface area contributed by atoms with E-state index in [-0.39, 0.29) is 0 Å². The normalized spacial score (nSPS) is 12.2. The summed E-state index contributed by atoms with van der Waals surface area (Å²) in [6.45, 7) is 0. The number of halogens is 7. The van der Waals surface area contributed by atoms with Gasteiger partial charge in [-0.2, -0.15) is 26.3 Å². The van der Waals surface area contributed by atoms with Crippen LogP contribution in [0.5, 0.6) is 5.75 Å². The lowest BCUT2D eigenvalue weighted by Gasteiger charge is -2.14. The monoisotopic (exact) mass is 382 g/mol. The van der Waals surface area contributed by atoms with Crippen LogP contribution in [0, 0.1) is 0 Å². The Balaban J connectivity index is 2.52. The molecule has 2 aromatic carbocycles. The van der Waals surface area contributed by atoms with Crippen molar-refractivity contribution >= 4 is 17.4 Å². The second kappa shape index (κ2) is 6.59. The Morgan fingerprint density at radius 3 is 1.84 bits per heavy atom. The van der Waals surface area contributed by atoms with Crippen LogP contribution < -0.4 is 4.74 Å². The maximum Gasteiger partial charge on any atom is 0.419 e. The predicted octanol–water partition coefficient (Wildman–Crippen LogP) is 5.62. The van der Waals surface area contributed by atoms with Crippen LogP contribution in [-0.4, -0.2) is 12.9 Å². The third-order valence-corrected chi connectivity index (χ3v) is 3.63. The topological polar surface area (TPSA) is 26.3 Å². The van der Waals surface area contributed by atoms with Crippen molar-refractivity contribution in [3.8, 4) is 5.75 Å². The number of benzene rings is 2. The number of hydrogen-bond acceptors (Lipinski definition) is 2. The minimum atomic E-state index is -4.80. The lowest BCUT2D eigenvalue weighted by atomic mass is 9.99. The highest BCUT2D eigenvalue weighted by Crippen LogP contribution is 2.38. The van der Waals surface area contributed by atoms with Crippen molar-refractivity contribution in [1.82, 2.24) is 0 Å². The molecule has 0 N–H and O–H groups in total. The highest BCUT2D eigenvalue weighted by molar-refractivity contribution is 6.31. The molecule has 2 aromatic rings. The van der Waals surface area contributed by atoms with Crippen molar-refractivity contribution in [2.24, 2.45) is 0 Å². The first kappa shape index (κ1) is 19.1. The first-order chi connectivity index (χ1) is 11.4. The molecule has 0 amide bonds. The van der Waals surface area contributed by atoms with Crippen LogP contribution in [-0.2, 0) is 12.4 Å². The van der Waals surface area contributed by atoms with Crippen molar-refractivity contribution in [2.45, 2.75) is 12.4 Å². The van der Waals surface area contributed by atoms with Crippen LogP contribution in [0.25, 0.3) is 0 Å². The summed E-state index contributed by atoms with van der Waals surface area (Å²) in [7, 11) is 1.03. The SMILES string of the molecule is COc1ccc(C(=O)c2ccc(Cl)c(C(F)(F)F)c2)cc1C(F)(F)F. The molecule has 0 aromatic heterocycles. The van der Waals surface area contributed by atoms with Gasteiger partial charge in [0.05, 0.1) is 23.3 Å². The largest absolute Gasteiger partial charge is 0.496 e. The van der Waals surface area contributed by atoms with Gasteiger partial charge in [0.25, 0.3) is 0 Å². The summed E-state index contributed by atoms with van der Waals surface area (Å²) in [4.78, 5) is 12.3. The van der Waals surface area contributed by atoms with E-state index in [2.05, 4.69) is 4.74 Å². The molecule has 9 heteroatoms. The van der Waals surface area contributed by atoms with E-state index in [9.17, 15) is 31.1 Å². The second-order valence-electron chi connectivity index (χ2n) is 4.93. The van der Waals surface area contributed by atoms with Gasteiger partial charge in [0, 0.05) is 11.1 Å². The van der Waals surface area contributed by atoms with Gasteiger partial charge in [-0.15, -0.1) is 0 Å². The van der Waals surface area contributed by atoms with E-state index in [1.54, 1.807) is 0 Å². The quantitative estimate of drug-likeness (QED) is 0.509. The van der Waals surface area contributed by atoms with Crippen molar-refractivity contribution in [2.75, 3.05) is 7.11 Å². The Morgan fingerprint density at radius 1 is 0.880 bits per heavy atom. The zero-order chi connectivity index (χ0) is 19.0. The Hall–Kier alpha value is -2.22. The van der Waals surface area contributed by atoms with Crippen molar-refractivity contribution in [3.05, 3.63) is 63.7 Å². The summed E-state index contributed by atoms with van der Waals surface area (Å²) in [5.74, 6) is -1.51. The molecule has 0 heterocycles. The minimum Gasteiger partial charge on any atom is -0.496 e. The van der Waals surface area contributed by atoms with Crippen LogP contribution in [0.4, 0.5) is 26.3 Å². The van der Waals surface area contributed by atoms with E-state index in [0.29, 0.717) is 12.1 Å². The maximum atomic E-state index is 13.0. The predicted molar refractivity (Wildman–Crippen MR) is 77.9 cm³/mol. The number of ether oxygens (including phenoxy) is 1. The molecule has 0 aliphatic rings. The van der Waals surface area contributed by atoms with E-state index in [0.717, 1.165) is 31.4 Å². The summed E-state index contributed by atoms with van der Waals surface area (Å²) in [6, 6.07) is 4.88. The second-order valence-corrected chi connectivity index (χ2v) is 5.34. The van der Waals surface area contributed by atoms with Crippen LogP contribution in [0.15, 0.2) is 36.4 Å². The van der Waals surface area contributed by atoms with E-state index in [4.69, 9.17) is 11.6 Å². The average Bonchev–Trinajstić information content (AvgIpc) is 2.52. The number of carbonyl (C=O) groups excluding carboxylic acids is 1. The molecule has 0 fully saturated rings. The third-order valence-electron chi connectivity index (χ3n) is 3.30. The molecule has 25 heavy (non-hydrogen) atoms. The van der Waals surface area contributed by atoms with Gasteiger partial charge in [-0.1, -0.05) is 11.6 Å². The van der Waals surface area contributed by atoms with Crippen molar-refractivity contribution in [3.63, 3.8) is 0 Å². The number of alkyl halides is 6. The van der Waals surface area contributed by atoms with E-state index >= 15 is 0 Å².